The summed E-state index contributed by atoms with van der Waals surface area (Å²) < 4.78 is 17.0. The third-order valence-corrected chi connectivity index (χ3v) is 24.4. The summed E-state index contributed by atoms with van der Waals surface area (Å²) in [6, 6.07) is 51.9. The lowest BCUT2D eigenvalue weighted by atomic mass is 9.68. The predicted octanol–water partition coefficient (Wildman–Crippen LogP) is 20.1. The minimum absolute atomic E-state index is 0.0959. The second-order valence-electron chi connectivity index (χ2n) is 34.6. The van der Waals surface area contributed by atoms with Gasteiger partial charge in [-0.2, -0.15) is 0 Å². The van der Waals surface area contributed by atoms with E-state index in [-0.39, 0.29) is 51.4 Å². The topological polar surface area (TPSA) is 187 Å². The third kappa shape index (κ3) is 18.0. The van der Waals surface area contributed by atoms with Crippen molar-refractivity contribution in [3.63, 3.8) is 0 Å². The fraction of sp³-hybridized carbons (Fsp3) is 0.418. The van der Waals surface area contributed by atoms with Crippen LogP contribution in [0.25, 0.3) is 39.5 Å². The summed E-state index contributed by atoms with van der Waals surface area (Å²) in [5, 5.41) is 10.4. The smallest absolute Gasteiger partial charge is 0.336 e. The van der Waals surface area contributed by atoms with Gasteiger partial charge in [-0.25, -0.2) is 14.4 Å². The van der Waals surface area contributed by atoms with Crippen LogP contribution in [0.15, 0.2) is 225 Å². The Hall–Kier alpha value is -10.2. The van der Waals surface area contributed by atoms with Crippen molar-refractivity contribution in [1.82, 2.24) is 20.9 Å². The van der Waals surface area contributed by atoms with Crippen LogP contribution in [0.1, 0.15) is 224 Å². The number of piperidine rings is 1. The average Bonchev–Trinajstić information content (AvgIpc) is 1.08. The highest BCUT2D eigenvalue weighted by atomic mass is 16.5. The maximum Gasteiger partial charge on any atom is 0.336 e. The van der Waals surface area contributed by atoms with Gasteiger partial charge >= 0.3 is 17.9 Å². The molecule has 14 heteroatoms. The van der Waals surface area contributed by atoms with E-state index in [1.807, 2.05) is 67.3 Å². The number of nitrogens with one attached hydrogen (secondary N) is 3. The first kappa shape index (κ1) is 79.9. The van der Waals surface area contributed by atoms with Crippen molar-refractivity contribution < 1.29 is 47.8 Å². The first-order valence-electron chi connectivity index (χ1n) is 41.0. The highest BCUT2D eigenvalue weighted by molar-refractivity contribution is 6.06. The molecule has 0 radical (unpaired) electrons. The zero-order chi connectivity index (χ0) is 79.2. The molecule has 2 fully saturated rings. The molecule has 6 aromatic rings. The zero-order valence-electron chi connectivity index (χ0n) is 67.6. The summed E-state index contributed by atoms with van der Waals surface area (Å²) in [6.45, 7) is 22.7. The van der Waals surface area contributed by atoms with Gasteiger partial charge < -0.3 is 35.1 Å². The summed E-state index contributed by atoms with van der Waals surface area (Å²) >= 11 is 0. The van der Waals surface area contributed by atoms with Crippen LogP contribution < -0.4 is 16.0 Å². The normalized spacial score (nSPS) is 21.2. The van der Waals surface area contributed by atoms with Gasteiger partial charge in [-0.15, -0.1) is 0 Å². The zero-order valence-corrected chi connectivity index (χ0v) is 67.6. The number of rotatable bonds is 17. The molecule has 1 amide bonds. The van der Waals surface area contributed by atoms with Crippen LogP contribution >= 0.6 is 0 Å². The number of allylic oxidation sites excluding steroid dienone is 10. The Kier molecular flexibility index (Phi) is 24.5. The standard InChI is InChI=1S/C35H42N2O4.C34H41NO3.C29H29NO3/c1-5-28-33(34(40)41-20-17-24-15-18-37(19-16-24)23(2)38)31(32-29(36-28)21-35(3,4)22-30(32)39)27-13-11-26(12-14-27)25-9-7-6-8-10-25;1-4-27-32(33(37)38-20-19-23-11-7-5-8-12-23)30(31-28(35-27)21-34(2,3)22-29(31)36)26-17-15-25(16-18-26)24-13-9-6-10-14-24;1-17-25(28(32)33-4)26(27-23(30-17)15-29(2,3)16-24(27)31)22-10-6-9-20(14-22)21-12-11-18-7-5-8-19(18)13-21/h6-14,24,31,36H,5,15-22H2,1-4H3;6,9-10,13-18,23,30,35H,4-5,7-8,11-12,19-22H2,1-3H3;5-6,8-14,26,30H,7,15-16H2,1-4H3. The van der Waals surface area contributed by atoms with Gasteiger partial charge in [0.05, 0.1) is 37.0 Å². The van der Waals surface area contributed by atoms with Crippen LogP contribution in [0.5, 0.6) is 0 Å². The number of hydrogen-bond donors (Lipinski definition) is 3. The monoisotopic (exact) mass is 1500 g/mol. The van der Waals surface area contributed by atoms with Crippen molar-refractivity contribution >= 4 is 47.2 Å². The van der Waals surface area contributed by atoms with Gasteiger partial charge in [-0.1, -0.05) is 245 Å². The number of carbonyl (C=O) groups is 7. The van der Waals surface area contributed by atoms with Gasteiger partial charge in [0.25, 0.3) is 0 Å². The summed E-state index contributed by atoms with van der Waals surface area (Å²) in [5.41, 5.74) is 20.9. The van der Waals surface area contributed by atoms with Crippen molar-refractivity contribution in [2.75, 3.05) is 33.4 Å². The van der Waals surface area contributed by atoms with Crippen LogP contribution in [0.2, 0.25) is 0 Å². The summed E-state index contributed by atoms with van der Waals surface area (Å²) in [4.78, 5) is 94.7. The largest absolute Gasteiger partial charge is 0.466 e. The third-order valence-electron chi connectivity index (χ3n) is 24.4. The number of amides is 1. The molecular formula is C98H112N4O10. The van der Waals surface area contributed by atoms with Crippen LogP contribution in [0.4, 0.5) is 0 Å². The van der Waals surface area contributed by atoms with Crippen molar-refractivity contribution in [3.05, 3.63) is 253 Å². The molecule has 112 heavy (non-hydrogen) atoms. The number of methoxy groups -OCH3 is 1. The van der Waals surface area contributed by atoms with E-state index in [1.165, 1.54) is 50.3 Å². The molecule has 1 saturated heterocycles. The Morgan fingerprint density at radius 1 is 0.455 bits per heavy atom. The van der Waals surface area contributed by atoms with Crippen LogP contribution in [0.3, 0.4) is 0 Å². The molecule has 4 aliphatic heterocycles. The van der Waals surface area contributed by atoms with E-state index in [1.54, 1.807) is 6.92 Å². The van der Waals surface area contributed by atoms with Gasteiger partial charge in [0, 0.05) is 108 Å². The summed E-state index contributed by atoms with van der Waals surface area (Å²) in [5.74, 6) is -0.813. The van der Waals surface area contributed by atoms with Crippen molar-refractivity contribution in [2.45, 2.75) is 203 Å². The van der Waals surface area contributed by atoms with Gasteiger partial charge in [0.1, 0.15) is 0 Å². The Balaban J connectivity index is 0.000000148. The minimum atomic E-state index is -0.457. The van der Waals surface area contributed by atoms with Crippen LogP contribution in [-0.4, -0.2) is 79.5 Å². The van der Waals surface area contributed by atoms with Crippen molar-refractivity contribution in [3.8, 4) is 33.4 Å². The Morgan fingerprint density at radius 3 is 1.33 bits per heavy atom. The number of fused-ring (bicyclic) bond motifs is 1. The number of ether oxygens (including phenoxy) is 3. The highest BCUT2D eigenvalue weighted by Gasteiger charge is 2.47. The van der Waals surface area contributed by atoms with E-state index in [9.17, 15) is 33.6 Å². The number of carbonyl (C=O) groups excluding carboxylic acids is 7. The Labute approximate surface area is 662 Å². The molecule has 15 rings (SSSR count). The molecule has 3 atom stereocenters. The van der Waals surface area contributed by atoms with Crippen molar-refractivity contribution in [1.29, 1.82) is 0 Å². The number of benzene rings is 6. The first-order chi connectivity index (χ1) is 53.8. The second-order valence-corrected chi connectivity index (χ2v) is 34.6. The number of ketones is 3. The molecule has 584 valence electrons. The van der Waals surface area contributed by atoms with E-state index in [2.05, 4.69) is 180 Å². The number of Topliss-reactive ketones (excluding diaryl/α,β-unsaturated/α-hetero) is 3. The highest BCUT2D eigenvalue weighted by Crippen LogP contribution is 2.52. The molecule has 0 bridgehead atoms. The lowest BCUT2D eigenvalue weighted by Crippen LogP contribution is -2.39. The summed E-state index contributed by atoms with van der Waals surface area (Å²) in [7, 11) is 1.39. The summed E-state index contributed by atoms with van der Waals surface area (Å²) in [6.07, 6.45) is 20.3. The van der Waals surface area contributed by atoms with E-state index in [0.29, 0.717) is 85.0 Å². The fourth-order valence-corrected chi connectivity index (χ4v) is 18.7. The average molecular weight is 1510 g/mol. The fourth-order valence-electron chi connectivity index (χ4n) is 18.7. The van der Waals surface area contributed by atoms with E-state index in [0.717, 1.165) is 154 Å². The number of hydrogen-bond acceptors (Lipinski definition) is 13. The van der Waals surface area contributed by atoms with Crippen LogP contribution in [-0.2, 0) is 54.2 Å². The molecule has 0 spiro atoms. The van der Waals surface area contributed by atoms with Gasteiger partial charge in [-0.3, -0.25) is 19.2 Å². The molecule has 1 saturated carbocycles. The Morgan fingerprint density at radius 2 is 0.875 bits per heavy atom. The minimum Gasteiger partial charge on any atom is -0.466 e. The van der Waals surface area contributed by atoms with E-state index >= 15 is 0 Å². The molecule has 3 unspecified atom stereocenters. The van der Waals surface area contributed by atoms with Crippen LogP contribution in [0, 0.1) is 28.1 Å². The van der Waals surface area contributed by atoms with E-state index < -0.39 is 23.7 Å². The van der Waals surface area contributed by atoms with Crippen molar-refractivity contribution in [2.24, 2.45) is 28.1 Å². The molecule has 14 nitrogen and oxygen atoms in total. The molecule has 4 heterocycles. The quantitative estimate of drug-likeness (QED) is 0.0579. The van der Waals surface area contributed by atoms with Gasteiger partial charge in [0.15, 0.2) is 17.3 Å². The number of esters is 3. The molecule has 5 aliphatic carbocycles. The lowest BCUT2D eigenvalue weighted by Gasteiger charge is -2.40. The maximum absolute atomic E-state index is 13.8. The first-order valence-corrected chi connectivity index (χ1v) is 41.0. The number of likely N-dealkylation sites (tertiary alicyclic amines) is 1. The molecule has 0 aromatic heterocycles. The SMILES string of the molecule is CCC1=C(C(=O)OCCC2CCCCC2)C(c2ccc(-c3ccccc3)cc2)C2=C(CC(C)(C)CC2=O)N1.CCC1=C(C(=O)OCCC2CCN(C(C)=O)CC2)C(c2ccc(-c3ccccc3)cc2)C2=C(CC(C)(C)CC2=O)N1.COC(=O)C1=C(C)NC2=C(C(=O)CC(C)(C)C2)C1c1cccc(-c2ccc3c(c2)C=CC3)c1. The number of nitrogens with zero attached hydrogens (tertiary/aromatic N) is 1. The lowest BCUT2D eigenvalue weighted by molar-refractivity contribution is -0.141. The maximum atomic E-state index is 13.8. The predicted molar refractivity (Wildman–Crippen MR) is 443 cm³/mol. The molecule has 6 aromatic carbocycles. The molecular weight excluding hydrogens is 1390 g/mol. The molecule has 3 N–H and O–H groups in total. The number of dihydropyridines is 3. The van der Waals surface area contributed by atoms with E-state index in [4.69, 9.17) is 14.2 Å². The molecule has 9 aliphatic rings. The van der Waals surface area contributed by atoms with Gasteiger partial charge in [0.2, 0.25) is 5.91 Å². The second kappa shape index (κ2) is 34.4. The Bertz CT molecular complexity index is 4830. The van der Waals surface area contributed by atoms with Gasteiger partial charge in [-0.05, 0) is 166 Å².